The Labute approximate surface area is 163 Å². The minimum atomic E-state index is -3.77. The SMILES string of the molecule is O=C1CCc2cc(S(=O)(=O)Nc3ccc(C(=O)N4CCCC4)cc3)ccc2N1. The molecule has 28 heavy (non-hydrogen) atoms. The van der Waals surface area contributed by atoms with Crippen molar-refractivity contribution in [3.05, 3.63) is 53.6 Å². The Morgan fingerprint density at radius 3 is 2.43 bits per heavy atom. The van der Waals surface area contributed by atoms with E-state index in [1.807, 2.05) is 4.90 Å². The summed E-state index contributed by atoms with van der Waals surface area (Å²) in [5.74, 6) is -0.0894. The largest absolute Gasteiger partial charge is 0.339 e. The summed E-state index contributed by atoms with van der Waals surface area (Å²) >= 11 is 0. The number of aryl methyl sites for hydroxylation is 1. The normalized spacial score (nSPS) is 16.4. The van der Waals surface area contributed by atoms with Crippen LogP contribution in [0.25, 0.3) is 0 Å². The van der Waals surface area contributed by atoms with Gasteiger partial charge in [-0.05, 0) is 67.3 Å². The number of hydrogen-bond acceptors (Lipinski definition) is 4. The van der Waals surface area contributed by atoms with Gasteiger partial charge in [-0.15, -0.1) is 0 Å². The van der Waals surface area contributed by atoms with Crippen LogP contribution < -0.4 is 10.0 Å². The van der Waals surface area contributed by atoms with E-state index in [1.54, 1.807) is 36.4 Å². The van der Waals surface area contributed by atoms with Gasteiger partial charge in [-0.25, -0.2) is 8.42 Å². The number of carbonyl (C=O) groups is 2. The second-order valence-corrected chi connectivity index (χ2v) is 8.73. The molecule has 0 radical (unpaired) electrons. The van der Waals surface area contributed by atoms with Gasteiger partial charge in [0.05, 0.1) is 4.90 Å². The van der Waals surface area contributed by atoms with E-state index in [1.165, 1.54) is 6.07 Å². The molecule has 2 aliphatic rings. The molecule has 146 valence electrons. The van der Waals surface area contributed by atoms with E-state index in [0.29, 0.717) is 29.8 Å². The van der Waals surface area contributed by atoms with E-state index in [4.69, 9.17) is 0 Å². The first kappa shape index (κ1) is 18.5. The van der Waals surface area contributed by atoms with Crippen molar-refractivity contribution < 1.29 is 18.0 Å². The van der Waals surface area contributed by atoms with E-state index >= 15 is 0 Å². The van der Waals surface area contributed by atoms with Crippen molar-refractivity contribution in [2.24, 2.45) is 0 Å². The van der Waals surface area contributed by atoms with E-state index in [-0.39, 0.29) is 16.7 Å². The summed E-state index contributed by atoms with van der Waals surface area (Å²) in [6, 6.07) is 11.1. The molecule has 2 amide bonds. The molecule has 0 spiro atoms. The molecule has 0 saturated carbocycles. The van der Waals surface area contributed by atoms with Crippen LogP contribution in [0.5, 0.6) is 0 Å². The molecule has 0 atom stereocenters. The maximum absolute atomic E-state index is 12.7. The molecule has 2 N–H and O–H groups in total. The number of rotatable bonds is 4. The average Bonchev–Trinajstić information content (AvgIpc) is 3.22. The van der Waals surface area contributed by atoms with Crippen LogP contribution in [-0.4, -0.2) is 38.2 Å². The van der Waals surface area contributed by atoms with Gasteiger partial charge < -0.3 is 10.2 Å². The number of sulfonamides is 1. The van der Waals surface area contributed by atoms with Crippen LogP contribution in [0, 0.1) is 0 Å². The van der Waals surface area contributed by atoms with Gasteiger partial charge >= 0.3 is 0 Å². The van der Waals surface area contributed by atoms with Crippen molar-refractivity contribution in [1.29, 1.82) is 0 Å². The van der Waals surface area contributed by atoms with Gasteiger partial charge in [-0.1, -0.05) is 0 Å². The van der Waals surface area contributed by atoms with E-state index < -0.39 is 10.0 Å². The van der Waals surface area contributed by atoms with E-state index in [2.05, 4.69) is 10.0 Å². The Bertz CT molecular complexity index is 1030. The zero-order chi connectivity index (χ0) is 19.7. The highest BCUT2D eigenvalue weighted by Crippen LogP contribution is 2.26. The van der Waals surface area contributed by atoms with Gasteiger partial charge in [0.1, 0.15) is 0 Å². The van der Waals surface area contributed by atoms with Gasteiger partial charge in [0.2, 0.25) is 5.91 Å². The zero-order valence-corrected chi connectivity index (χ0v) is 16.1. The minimum absolute atomic E-state index is 0.0244. The van der Waals surface area contributed by atoms with E-state index in [9.17, 15) is 18.0 Å². The second-order valence-electron chi connectivity index (χ2n) is 7.05. The number of fused-ring (bicyclic) bond motifs is 1. The van der Waals surface area contributed by atoms with Crippen LogP contribution in [0.2, 0.25) is 0 Å². The molecule has 2 aromatic rings. The lowest BCUT2D eigenvalue weighted by molar-refractivity contribution is -0.116. The van der Waals surface area contributed by atoms with Crippen LogP contribution in [0.1, 0.15) is 35.2 Å². The van der Waals surface area contributed by atoms with Crippen LogP contribution in [-0.2, 0) is 21.2 Å². The number of carbonyl (C=O) groups excluding carboxylic acids is 2. The van der Waals surface area contributed by atoms with Crippen LogP contribution >= 0.6 is 0 Å². The number of nitrogens with zero attached hydrogens (tertiary/aromatic N) is 1. The standard InChI is InChI=1S/C20H21N3O4S/c24-19-10-5-15-13-17(8-9-18(15)21-19)28(26,27)22-16-6-3-14(4-7-16)20(25)23-11-1-2-12-23/h3-4,6-9,13,22H,1-2,5,10-12H2,(H,21,24). The third-order valence-electron chi connectivity index (χ3n) is 5.06. The molecule has 0 unspecified atom stereocenters. The third kappa shape index (κ3) is 3.73. The summed E-state index contributed by atoms with van der Waals surface area (Å²) < 4.78 is 28.0. The minimum Gasteiger partial charge on any atom is -0.339 e. The summed E-state index contributed by atoms with van der Waals surface area (Å²) in [4.78, 5) is 25.8. The van der Waals surface area contributed by atoms with Crippen molar-refractivity contribution in [1.82, 2.24) is 4.90 Å². The fourth-order valence-electron chi connectivity index (χ4n) is 3.52. The molecule has 0 bridgehead atoms. The Balaban J connectivity index is 1.50. The lowest BCUT2D eigenvalue weighted by Gasteiger charge is -2.18. The summed E-state index contributed by atoms with van der Waals surface area (Å²) in [5.41, 5.74) is 2.40. The molecular formula is C20H21N3O4S. The molecular weight excluding hydrogens is 378 g/mol. The highest BCUT2D eigenvalue weighted by atomic mass is 32.2. The fourth-order valence-corrected chi connectivity index (χ4v) is 4.63. The summed E-state index contributed by atoms with van der Waals surface area (Å²) in [6.45, 7) is 1.54. The van der Waals surface area contributed by atoms with Crippen molar-refractivity contribution in [2.45, 2.75) is 30.6 Å². The van der Waals surface area contributed by atoms with Gasteiger partial charge in [-0.3, -0.25) is 14.3 Å². The van der Waals surface area contributed by atoms with Crippen LogP contribution in [0.4, 0.5) is 11.4 Å². The van der Waals surface area contributed by atoms with Crippen molar-refractivity contribution in [2.75, 3.05) is 23.1 Å². The molecule has 2 heterocycles. The molecule has 2 aliphatic heterocycles. The number of nitrogens with one attached hydrogen (secondary N) is 2. The molecule has 2 aromatic carbocycles. The predicted octanol–water partition coefficient (Wildman–Crippen LogP) is 2.61. The second kappa shape index (κ2) is 7.27. The first-order valence-corrected chi connectivity index (χ1v) is 10.8. The molecule has 7 nitrogen and oxygen atoms in total. The molecule has 4 rings (SSSR count). The maximum Gasteiger partial charge on any atom is 0.261 e. The highest BCUT2D eigenvalue weighted by molar-refractivity contribution is 7.92. The van der Waals surface area contributed by atoms with E-state index in [0.717, 1.165) is 31.5 Å². The Morgan fingerprint density at radius 1 is 1.00 bits per heavy atom. The van der Waals surface area contributed by atoms with Gasteiger partial charge in [0.15, 0.2) is 0 Å². The number of benzene rings is 2. The van der Waals surface area contributed by atoms with Crippen LogP contribution in [0.3, 0.4) is 0 Å². The summed E-state index contributed by atoms with van der Waals surface area (Å²) in [5, 5.41) is 2.74. The first-order valence-electron chi connectivity index (χ1n) is 9.27. The maximum atomic E-state index is 12.7. The molecule has 0 aliphatic carbocycles. The number of anilines is 2. The fraction of sp³-hybridized carbons (Fsp3) is 0.300. The summed E-state index contributed by atoms with van der Waals surface area (Å²) in [6.07, 6.45) is 2.90. The monoisotopic (exact) mass is 399 g/mol. The molecule has 1 fully saturated rings. The average molecular weight is 399 g/mol. The zero-order valence-electron chi connectivity index (χ0n) is 15.3. The van der Waals surface area contributed by atoms with Crippen molar-refractivity contribution in [3.63, 3.8) is 0 Å². The number of hydrogen-bond donors (Lipinski definition) is 2. The molecule has 0 aromatic heterocycles. The van der Waals surface area contributed by atoms with Crippen LogP contribution in [0.15, 0.2) is 47.4 Å². The molecule has 1 saturated heterocycles. The third-order valence-corrected chi connectivity index (χ3v) is 6.44. The molecule has 8 heteroatoms. The lowest BCUT2D eigenvalue weighted by Crippen LogP contribution is -2.27. The topological polar surface area (TPSA) is 95.6 Å². The first-order chi connectivity index (χ1) is 13.4. The number of likely N-dealkylation sites (tertiary alicyclic amines) is 1. The summed E-state index contributed by atoms with van der Waals surface area (Å²) in [7, 11) is -3.77. The Hall–Kier alpha value is -2.87. The van der Waals surface area contributed by atoms with Crippen molar-refractivity contribution in [3.8, 4) is 0 Å². The lowest BCUT2D eigenvalue weighted by atomic mass is 10.0. The Morgan fingerprint density at radius 2 is 1.71 bits per heavy atom. The number of amides is 2. The smallest absolute Gasteiger partial charge is 0.261 e. The predicted molar refractivity (Wildman–Crippen MR) is 106 cm³/mol. The van der Waals surface area contributed by atoms with Crippen molar-refractivity contribution >= 4 is 33.2 Å². The highest BCUT2D eigenvalue weighted by Gasteiger charge is 2.21. The van der Waals surface area contributed by atoms with Gasteiger partial charge in [0.25, 0.3) is 15.9 Å². The van der Waals surface area contributed by atoms with Gasteiger partial charge in [0, 0.05) is 36.4 Å². The van der Waals surface area contributed by atoms with Gasteiger partial charge in [-0.2, -0.15) is 0 Å². The quantitative estimate of drug-likeness (QED) is 0.826. The Kier molecular flexibility index (Phi) is 4.80.